The Morgan fingerprint density at radius 3 is 2.56 bits per heavy atom. The molecule has 0 spiro atoms. The second-order valence-corrected chi connectivity index (χ2v) is 9.88. The summed E-state index contributed by atoms with van der Waals surface area (Å²) in [6.07, 6.45) is 12.6. The first-order valence-corrected chi connectivity index (χ1v) is 10.3. The summed E-state index contributed by atoms with van der Waals surface area (Å²) in [4.78, 5) is 11.9. The monoisotopic (exact) mass is 342 g/mol. The normalized spacial score (nSPS) is 50.3. The van der Waals surface area contributed by atoms with Crippen LogP contribution < -0.4 is 0 Å². The first-order chi connectivity index (χ1) is 11.8. The molecule has 7 unspecified atom stereocenters. The zero-order chi connectivity index (χ0) is 18.0. The van der Waals surface area contributed by atoms with Gasteiger partial charge in [-0.3, -0.25) is 4.79 Å². The van der Waals surface area contributed by atoms with Crippen molar-refractivity contribution in [3.05, 3.63) is 24.3 Å². The lowest BCUT2D eigenvalue weighted by Crippen LogP contribution is -2.54. The third-order valence-corrected chi connectivity index (χ3v) is 9.39. The molecule has 0 aromatic heterocycles. The molecule has 4 rings (SSSR count). The fourth-order valence-electron chi connectivity index (χ4n) is 7.86. The van der Waals surface area contributed by atoms with Crippen LogP contribution in [0.2, 0.25) is 0 Å². The van der Waals surface area contributed by atoms with Crippen LogP contribution in [0.3, 0.4) is 0 Å². The van der Waals surface area contributed by atoms with Crippen LogP contribution in [0.1, 0.15) is 72.1 Å². The molecule has 0 amide bonds. The van der Waals surface area contributed by atoms with Crippen LogP contribution in [0.25, 0.3) is 0 Å². The summed E-state index contributed by atoms with van der Waals surface area (Å²) in [5, 5.41) is 10.7. The van der Waals surface area contributed by atoms with Crippen molar-refractivity contribution in [1.82, 2.24) is 0 Å². The van der Waals surface area contributed by atoms with Crippen LogP contribution in [0.4, 0.5) is 0 Å². The van der Waals surface area contributed by atoms with Gasteiger partial charge in [-0.15, -0.1) is 6.58 Å². The lowest BCUT2D eigenvalue weighted by atomic mass is 9.45. The van der Waals surface area contributed by atoms with Gasteiger partial charge in [0.25, 0.3) is 0 Å². The zero-order valence-electron chi connectivity index (χ0n) is 16.2. The van der Waals surface area contributed by atoms with Gasteiger partial charge < -0.3 is 5.11 Å². The van der Waals surface area contributed by atoms with E-state index in [0.717, 1.165) is 31.6 Å². The van der Waals surface area contributed by atoms with Gasteiger partial charge in [0.05, 0.1) is 6.10 Å². The van der Waals surface area contributed by atoms with E-state index in [4.69, 9.17) is 0 Å². The van der Waals surface area contributed by atoms with E-state index in [1.807, 2.05) is 13.0 Å². The molecule has 0 bridgehead atoms. The summed E-state index contributed by atoms with van der Waals surface area (Å²) < 4.78 is 0. The second-order valence-electron chi connectivity index (χ2n) is 9.88. The van der Waals surface area contributed by atoms with E-state index in [1.54, 1.807) is 0 Å². The average Bonchev–Trinajstić information content (AvgIpc) is 2.89. The molecule has 2 heteroatoms. The van der Waals surface area contributed by atoms with Crippen molar-refractivity contribution in [2.24, 2.45) is 34.0 Å². The van der Waals surface area contributed by atoms with E-state index >= 15 is 0 Å². The van der Waals surface area contributed by atoms with E-state index < -0.39 is 0 Å². The number of fused-ring (bicyclic) bond motifs is 5. The number of carbonyl (C=O) groups is 1. The topological polar surface area (TPSA) is 37.3 Å². The fourth-order valence-corrected chi connectivity index (χ4v) is 7.86. The van der Waals surface area contributed by atoms with Gasteiger partial charge in [0.1, 0.15) is 0 Å². The van der Waals surface area contributed by atoms with Crippen LogP contribution in [0, 0.1) is 34.0 Å². The maximum absolute atomic E-state index is 11.9. The molecule has 3 fully saturated rings. The van der Waals surface area contributed by atoms with Crippen molar-refractivity contribution in [2.75, 3.05) is 0 Å². The van der Waals surface area contributed by atoms with Crippen molar-refractivity contribution < 1.29 is 9.90 Å². The Morgan fingerprint density at radius 1 is 1.16 bits per heavy atom. The molecule has 0 heterocycles. The van der Waals surface area contributed by atoms with Gasteiger partial charge in [-0.25, -0.2) is 0 Å². The van der Waals surface area contributed by atoms with Crippen molar-refractivity contribution >= 4 is 5.78 Å². The predicted octanol–water partition coefficient (Wildman–Crippen LogP) is 5.07. The maximum Gasteiger partial charge on any atom is 0.155 e. The van der Waals surface area contributed by atoms with Crippen LogP contribution in [0.15, 0.2) is 24.3 Å². The lowest BCUT2D eigenvalue weighted by Gasteiger charge is -2.60. The Morgan fingerprint density at radius 2 is 1.88 bits per heavy atom. The minimum Gasteiger partial charge on any atom is -0.392 e. The molecule has 7 atom stereocenters. The van der Waals surface area contributed by atoms with Gasteiger partial charge in [-0.1, -0.05) is 25.5 Å². The summed E-state index contributed by atoms with van der Waals surface area (Å²) >= 11 is 0. The molecular weight excluding hydrogens is 308 g/mol. The molecule has 138 valence electrons. The summed E-state index contributed by atoms with van der Waals surface area (Å²) in [6, 6.07) is 0. The highest BCUT2D eigenvalue weighted by Gasteiger charge is 2.64. The van der Waals surface area contributed by atoms with Gasteiger partial charge in [0.15, 0.2) is 5.78 Å². The third kappa shape index (κ3) is 2.10. The predicted molar refractivity (Wildman–Crippen MR) is 101 cm³/mol. The number of hydrogen-bond donors (Lipinski definition) is 1. The van der Waals surface area contributed by atoms with Gasteiger partial charge in [-0.05, 0) is 86.5 Å². The molecule has 0 radical (unpaired) electrons. The number of carbonyl (C=O) groups excluding carboxylic acids is 1. The summed E-state index contributed by atoms with van der Waals surface area (Å²) in [6.45, 7) is 11.0. The minimum atomic E-state index is -0.321. The molecule has 4 aliphatic carbocycles. The molecule has 25 heavy (non-hydrogen) atoms. The van der Waals surface area contributed by atoms with Gasteiger partial charge >= 0.3 is 0 Å². The fraction of sp³-hybridized carbons (Fsp3) is 0.783. The molecule has 4 aliphatic rings. The van der Waals surface area contributed by atoms with E-state index in [-0.39, 0.29) is 22.3 Å². The quantitative estimate of drug-likeness (QED) is 0.711. The first kappa shape index (κ1) is 17.5. The van der Waals surface area contributed by atoms with Crippen LogP contribution in [-0.4, -0.2) is 17.0 Å². The molecule has 0 aliphatic heterocycles. The first-order valence-electron chi connectivity index (χ1n) is 10.3. The van der Waals surface area contributed by atoms with Gasteiger partial charge in [0.2, 0.25) is 0 Å². The Labute approximate surface area is 152 Å². The van der Waals surface area contributed by atoms with Crippen molar-refractivity contribution in [3.8, 4) is 0 Å². The molecule has 1 N–H and O–H groups in total. The van der Waals surface area contributed by atoms with Gasteiger partial charge in [-0.2, -0.15) is 0 Å². The van der Waals surface area contributed by atoms with Crippen LogP contribution in [0.5, 0.6) is 0 Å². The van der Waals surface area contributed by atoms with E-state index in [9.17, 15) is 9.90 Å². The van der Waals surface area contributed by atoms with E-state index in [0.29, 0.717) is 17.6 Å². The smallest absolute Gasteiger partial charge is 0.155 e. The largest absolute Gasteiger partial charge is 0.392 e. The van der Waals surface area contributed by atoms with Crippen molar-refractivity contribution in [1.29, 1.82) is 0 Å². The molecule has 0 saturated heterocycles. The standard InChI is InChI=1S/C23H34O2/c1-5-23(15(2)24)13-10-20-18-7-6-16-14-17(25)8-11-21(16,3)19(18)9-12-22(20,23)4/h5,14-15,18-20,24H,1,6-13H2,2-4H3. The molecule has 2 nitrogen and oxygen atoms in total. The number of aliphatic hydroxyl groups is 1. The van der Waals surface area contributed by atoms with Gasteiger partial charge in [0, 0.05) is 11.8 Å². The Bertz CT molecular complexity index is 632. The Balaban J connectivity index is 1.70. The number of rotatable bonds is 2. The molecule has 0 aromatic carbocycles. The maximum atomic E-state index is 11.9. The lowest BCUT2D eigenvalue weighted by molar-refractivity contribution is -0.119. The highest BCUT2D eigenvalue weighted by atomic mass is 16.3. The minimum absolute atomic E-state index is 0.123. The van der Waals surface area contributed by atoms with Crippen molar-refractivity contribution in [2.45, 2.75) is 78.2 Å². The third-order valence-electron chi connectivity index (χ3n) is 9.39. The number of hydrogen-bond acceptors (Lipinski definition) is 2. The second kappa shape index (κ2) is 5.55. The van der Waals surface area contributed by atoms with E-state index in [2.05, 4.69) is 26.5 Å². The average molecular weight is 343 g/mol. The van der Waals surface area contributed by atoms with Crippen molar-refractivity contribution in [3.63, 3.8) is 0 Å². The zero-order valence-corrected chi connectivity index (χ0v) is 16.2. The Hall–Kier alpha value is -0.890. The van der Waals surface area contributed by atoms with E-state index in [1.165, 1.54) is 31.3 Å². The van der Waals surface area contributed by atoms with Crippen LogP contribution in [-0.2, 0) is 4.79 Å². The number of aliphatic hydroxyl groups excluding tert-OH is 1. The summed E-state index contributed by atoms with van der Waals surface area (Å²) in [7, 11) is 0. The Kier molecular flexibility index (Phi) is 3.89. The highest BCUT2D eigenvalue weighted by molar-refractivity contribution is 5.91. The molecular formula is C23H34O2. The molecule has 3 saturated carbocycles. The number of ketones is 1. The summed E-state index contributed by atoms with van der Waals surface area (Å²) in [5.74, 6) is 2.49. The van der Waals surface area contributed by atoms with Crippen LogP contribution >= 0.6 is 0 Å². The highest BCUT2D eigenvalue weighted by Crippen LogP contribution is 2.70. The number of allylic oxidation sites excluding steroid dienone is 1. The molecule has 0 aromatic rings. The summed E-state index contributed by atoms with van der Waals surface area (Å²) in [5.41, 5.74) is 1.73. The SMILES string of the molecule is C=CC1(C(C)O)CCC2C3CCC4=CC(=O)CCC4(C)C3CCC21C.